The van der Waals surface area contributed by atoms with E-state index in [4.69, 9.17) is 28.4 Å². The molecule has 0 saturated carbocycles. The second-order valence-electron chi connectivity index (χ2n) is 17.6. The summed E-state index contributed by atoms with van der Waals surface area (Å²) in [6.45, 7) is 1.56. The minimum absolute atomic E-state index is 0.231. The molecule has 17 atom stereocenters. The maximum Gasteiger partial charge on any atom is 0.220 e. The lowest BCUT2D eigenvalue weighted by Crippen LogP contribution is -2.66. The summed E-state index contributed by atoms with van der Waals surface area (Å²) in [5.41, 5.74) is 0. The van der Waals surface area contributed by atoms with E-state index < -0.39 is 124 Å². The first-order chi connectivity index (χ1) is 31.8. The number of nitrogens with one attached hydrogen (secondary N) is 1. The molecule has 12 N–H and O–H groups in total. The van der Waals surface area contributed by atoms with Gasteiger partial charge < -0.3 is 89.9 Å². The van der Waals surface area contributed by atoms with Crippen molar-refractivity contribution in [1.29, 1.82) is 0 Å². The third-order valence-corrected chi connectivity index (χ3v) is 12.2. The number of amides is 1. The van der Waals surface area contributed by atoms with Crippen LogP contribution in [-0.4, -0.2) is 193 Å². The van der Waals surface area contributed by atoms with Crippen LogP contribution >= 0.6 is 0 Å². The van der Waals surface area contributed by atoms with Gasteiger partial charge >= 0.3 is 0 Å². The van der Waals surface area contributed by atoms with Gasteiger partial charge in [-0.3, -0.25) is 4.79 Å². The normalized spacial score (nSPS) is 34.1. The molecule has 0 bridgehead atoms. The quantitative estimate of drug-likeness (QED) is 0.0325. The van der Waals surface area contributed by atoms with E-state index >= 15 is 0 Å². The number of aliphatic hydroxyl groups is 11. The molecule has 0 aromatic carbocycles. The standard InChI is InChI=1S/C47H83NO18/c1-3-5-7-9-11-13-14-15-16-17-18-20-22-24-31(52)30(48-35(53)25-23-21-19-12-10-8-6-4-2)29-61-45-41(59)38(56)43(33(27-50)63-45)66-47-42(60)39(57)44(34(28-51)64-47)65-46-40(58)37(55)36(54)32(26-49)62-46/h11,13,16-17,22,24,30-34,36-47,49-52,54-60H,3-10,12,14-15,18-21,23,25-29H2,1-2H3,(H,48,53)/b13-11+,17-16+,24-22+. The van der Waals surface area contributed by atoms with Gasteiger partial charge in [0.25, 0.3) is 0 Å². The van der Waals surface area contributed by atoms with Crippen molar-refractivity contribution in [1.82, 2.24) is 5.32 Å². The Bertz CT molecular complexity index is 1370. The molecule has 19 heteroatoms. The summed E-state index contributed by atoms with van der Waals surface area (Å²) >= 11 is 0. The van der Waals surface area contributed by atoms with Crippen LogP contribution in [0.3, 0.4) is 0 Å². The fourth-order valence-electron chi connectivity index (χ4n) is 8.04. The molecule has 3 heterocycles. The Hall–Kier alpha value is -1.99. The van der Waals surface area contributed by atoms with E-state index in [1.165, 1.54) is 38.5 Å². The van der Waals surface area contributed by atoms with Crippen molar-refractivity contribution >= 4 is 5.91 Å². The highest BCUT2D eigenvalue weighted by Crippen LogP contribution is 2.33. The number of aliphatic hydroxyl groups excluding tert-OH is 11. The minimum atomic E-state index is -1.98. The van der Waals surface area contributed by atoms with Crippen molar-refractivity contribution in [3.05, 3.63) is 36.5 Å². The van der Waals surface area contributed by atoms with Crippen LogP contribution in [0.4, 0.5) is 0 Å². The molecule has 17 unspecified atom stereocenters. The monoisotopic (exact) mass is 950 g/mol. The zero-order valence-corrected chi connectivity index (χ0v) is 38.9. The predicted octanol–water partition coefficient (Wildman–Crippen LogP) is 0.637. The van der Waals surface area contributed by atoms with Gasteiger partial charge in [-0.25, -0.2) is 0 Å². The van der Waals surface area contributed by atoms with Crippen LogP contribution in [-0.2, 0) is 33.2 Å². The number of unbranched alkanes of at least 4 members (excludes halogenated alkanes) is 12. The number of carbonyl (C=O) groups is 1. The average molecular weight is 950 g/mol. The molecule has 0 radical (unpaired) electrons. The summed E-state index contributed by atoms with van der Waals surface area (Å²) in [5, 5.41) is 119. The first-order valence-electron chi connectivity index (χ1n) is 24.2. The maximum absolute atomic E-state index is 13.1. The Labute approximate surface area is 390 Å². The topological polar surface area (TPSA) is 307 Å². The Morgan fingerprint density at radius 3 is 1.52 bits per heavy atom. The highest BCUT2D eigenvalue weighted by molar-refractivity contribution is 5.76. The van der Waals surface area contributed by atoms with Gasteiger partial charge in [-0.15, -0.1) is 0 Å². The Morgan fingerprint density at radius 1 is 0.530 bits per heavy atom. The molecule has 3 aliphatic heterocycles. The number of hydrogen-bond donors (Lipinski definition) is 12. The summed E-state index contributed by atoms with van der Waals surface area (Å²) in [4.78, 5) is 13.1. The van der Waals surface area contributed by atoms with Crippen molar-refractivity contribution < 1.29 is 89.4 Å². The molecule has 0 aromatic heterocycles. The fraction of sp³-hybridized carbons (Fsp3) is 0.851. The molecule has 3 fully saturated rings. The summed E-state index contributed by atoms with van der Waals surface area (Å²) in [6, 6.07) is -0.988. The first-order valence-corrected chi connectivity index (χ1v) is 24.2. The number of ether oxygens (including phenoxy) is 6. The molecule has 3 saturated heterocycles. The summed E-state index contributed by atoms with van der Waals surface area (Å²) in [7, 11) is 0. The largest absolute Gasteiger partial charge is 0.394 e. The molecular formula is C47H83NO18. The van der Waals surface area contributed by atoms with Crippen LogP contribution in [0.2, 0.25) is 0 Å². The number of rotatable bonds is 32. The molecule has 0 aliphatic carbocycles. The second-order valence-corrected chi connectivity index (χ2v) is 17.6. The van der Waals surface area contributed by atoms with Crippen molar-refractivity contribution in [3.63, 3.8) is 0 Å². The van der Waals surface area contributed by atoms with Crippen LogP contribution in [0.15, 0.2) is 36.5 Å². The Balaban J connectivity index is 1.60. The van der Waals surface area contributed by atoms with Crippen molar-refractivity contribution in [3.8, 4) is 0 Å². The minimum Gasteiger partial charge on any atom is -0.394 e. The summed E-state index contributed by atoms with van der Waals surface area (Å²) < 4.78 is 34.0. The fourth-order valence-corrected chi connectivity index (χ4v) is 8.04. The number of hydrogen-bond acceptors (Lipinski definition) is 18. The highest BCUT2D eigenvalue weighted by atomic mass is 16.8. The SMILES string of the molecule is CCCCC/C=C/CC/C=C/CC/C=C/C(O)C(COC1OC(CO)C(OC2OC(CO)C(OC3OC(CO)C(O)C(O)C3O)C(O)C2O)C(O)C1O)NC(=O)CCCCCCCCCC. The van der Waals surface area contributed by atoms with Crippen LogP contribution in [0.5, 0.6) is 0 Å². The van der Waals surface area contributed by atoms with Gasteiger partial charge in [-0.2, -0.15) is 0 Å². The number of allylic oxidation sites excluding steroid dienone is 5. The first kappa shape index (κ1) is 58.3. The number of carbonyl (C=O) groups excluding carboxylic acids is 1. The third kappa shape index (κ3) is 19.1. The molecule has 66 heavy (non-hydrogen) atoms. The van der Waals surface area contributed by atoms with Crippen LogP contribution in [0.1, 0.15) is 123 Å². The lowest BCUT2D eigenvalue weighted by molar-refractivity contribution is -0.379. The molecule has 3 rings (SSSR count). The van der Waals surface area contributed by atoms with E-state index in [9.17, 15) is 61.0 Å². The second kappa shape index (κ2) is 32.8. The zero-order valence-electron chi connectivity index (χ0n) is 38.9. The lowest BCUT2D eigenvalue weighted by atomic mass is 9.96. The van der Waals surface area contributed by atoms with E-state index in [0.29, 0.717) is 12.8 Å². The van der Waals surface area contributed by atoms with E-state index in [1.807, 2.05) is 6.08 Å². The van der Waals surface area contributed by atoms with Crippen LogP contribution in [0.25, 0.3) is 0 Å². The van der Waals surface area contributed by atoms with Gasteiger partial charge in [0.05, 0.1) is 38.6 Å². The molecule has 1 amide bonds. The molecular weight excluding hydrogens is 867 g/mol. The van der Waals surface area contributed by atoms with Gasteiger partial charge in [-0.1, -0.05) is 108 Å². The lowest BCUT2D eigenvalue weighted by Gasteiger charge is -2.48. The molecule has 0 spiro atoms. The summed E-state index contributed by atoms with van der Waals surface area (Å²) in [5.74, 6) is -0.300. The predicted molar refractivity (Wildman–Crippen MR) is 240 cm³/mol. The Morgan fingerprint density at radius 2 is 0.970 bits per heavy atom. The van der Waals surface area contributed by atoms with Crippen molar-refractivity contribution in [2.24, 2.45) is 0 Å². The van der Waals surface area contributed by atoms with Gasteiger partial charge in [0, 0.05) is 6.42 Å². The molecule has 3 aliphatic rings. The molecule has 0 aromatic rings. The molecule has 19 nitrogen and oxygen atoms in total. The Kier molecular flexibility index (Phi) is 28.9. The third-order valence-electron chi connectivity index (χ3n) is 12.2. The van der Waals surface area contributed by atoms with Crippen LogP contribution in [0, 0.1) is 0 Å². The van der Waals surface area contributed by atoms with Gasteiger partial charge in [0.1, 0.15) is 73.2 Å². The van der Waals surface area contributed by atoms with Crippen molar-refractivity contribution in [2.45, 2.75) is 227 Å². The smallest absolute Gasteiger partial charge is 0.220 e. The zero-order chi connectivity index (χ0) is 48.4. The highest BCUT2D eigenvalue weighted by Gasteiger charge is 2.53. The van der Waals surface area contributed by atoms with Crippen LogP contribution < -0.4 is 5.32 Å². The van der Waals surface area contributed by atoms with Gasteiger partial charge in [0.15, 0.2) is 18.9 Å². The van der Waals surface area contributed by atoms with E-state index in [-0.39, 0.29) is 18.9 Å². The van der Waals surface area contributed by atoms with E-state index in [2.05, 4.69) is 43.5 Å². The maximum atomic E-state index is 13.1. The van der Waals surface area contributed by atoms with E-state index in [1.54, 1.807) is 6.08 Å². The molecule has 384 valence electrons. The van der Waals surface area contributed by atoms with Gasteiger partial charge in [0.2, 0.25) is 5.91 Å². The average Bonchev–Trinajstić information content (AvgIpc) is 3.31. The van der Waals surface area contributed by atoms with E-state index in [0.717, 1.165) is 51.4 Å². The van der Waals surface area contributed by atoms with Crippen molar-refractivity contribution in [2.75, 3.05) is 26.4 Å². The summed E-state index contributed by atoms with van der Waals surface area (Å²) in [6.07, 6.45) is 1.84. The van der Waals surface area contributed by atoms with Gasteiger partial charge in [-0.05, 0) is 44.9 Å².